The van der Waals surface area contributed by atoms with Gasteiger partial charge in [-0.2, -0.15) is 10.5 Å². The highest BCUT2D eigenvalue weighted by atomic mass is 15.1. The van der Waals surface area contributed by atoms with E-state index in [1.807, 2.05) is 84.3 Å². The van der Waals surface area contributed by atoms with Gasteiger partial charge in [0.05, 0.1) is 5.69 Å². The van der Waals surface area contributed by atoms with Crippen LogP contribution < -0.4 is 0 Å². The second kappa shape index (κ2) is 6.16. The highest BCUT2D eigenvalue weighted by Crippen LogP contribution is 2.30. The molecular formula is C21H13N5. The molecule has 0 bridgehead atoms. The third-order valence-electron chi connectivity index (χ3n) is 4.20. The smallest absolute Gasteiger partial charge is 0.179 e. The molecule has 5 nitrogen and oxygen atoms in total. The van der Waals surface area contributed by atoms with Gasteiger partial charge in [-0.05, 0) is 30.7 Å². The maximum Gasteiger partial charge on any atom is 0.179 e. The second-order valence-corrected chi connectivity index (χ2v) is 5.92. The van der Waals surface area contributed by atoms with E-state index in [0.717, 1.165) is 22.5 Å². The fraction of sp³-hybridized carbons (Fsp3) is 0.0476. The Labute approximate surface area is 150 Å². The topological polar surface area (TPSA) is 78.3 Å². The number of hydrogen-bond acceptors (Lipinski definition) is 4. The van der Waals surface area contributed by atoms with Gasteiger partial charge in [-0.25, -0.2) is 9.97 Å². The van der Waals surface area contributed by atoms with Crippen molar-refractivity contribution in [1.29, 1.82) is 10.5 Å². The van der Waals surface area contributed by atoms with Crippen molar-refractivity contribution in [2.75, 3.05) is 0 Å². The van der Waals surface area contributed by atoms with E-state index in [9.17, 15) is 10.5 Å². The van der Waals surface area contributed by atoms with Crippen LogP contribution in [0.5, 0.6) is 0 Å². The van der Waals surface area contributed by atoms with Crippen LogP contribution in [0.3, 0.4) is 0 Å². The normalized spacial score (nSPS) is 10.4. The van der Waals surface area contributed by atoms with Gasteiger partial charge in [-0.3, -0.25) is 4.57 Å². The Kier molecular flexibility index (Phi) is 3.69. The Hall–Kier alpha value is -3.96. The van der Waals surface area contributed by atoms with Crippen molar-refractivity contribution in [3.05, 3.63) is 77.6 Å². The minimum atomic E-state index is 0.0334. The fourth-order valence-electron chi connectivity index (χ4n) is 2.94. The molecule has 0 saturated carbocycles. The van der Waals surface area contributed by atoms with Gasteiger partial charge < -0.3 is 0 Å². The van der Waals surface area contributed by atoms with E-state index in [1.165, 1.54) is 0 Å². The zero-order valence-corrected chi connectivity index (χ0v) is 14.0. The van der Waals surface area contributed by atoms with Crippen LogP contribution in [0.1, 0.15) is 17.0 Å². The highest BCUT2D eigenvalue weighted by Gasteiger charge is 2.17. The van der Waals surface area contributed by atoms with Crippen molar-refractivity contribution < 1.29 is 0 Å². The van der Waals surface area contributed by atoms with Crippen LogP contribution in [-0.2, 0) is 0 Å². The number of nitriles is 2. The Morgan fingerprint density at radius 3 is 2.15 bits per heavy atom. The van der Waals surface area contributed by atoms with E-state index in [2.05, 4.69) is 9.97 Å². The fourth-order valence-corrected chi connectivity index (χ4v) is 2.94. The van der Waals surface area contributed by atoms with E-state index in [4.69, 9.17) is 0 Å². The molecule has 0 saturated heterocycles. The van der Waals surface area contributed by atoms with E-state index in [0.29, 0.717) is 11.2 Å². The summed E-state index contributed by atoms with van der Waals surface area (Å²) in [6.07, 6.45) is 0. The molecule has 0 radical (unpaired) electrons. The maximum atomic E-state index is 9.32. The predicted molar refractivity (Wildman–Crippen MR) is 98.5 cm³/mol. The van der Waals surface area contributed by atoms with Crippen molar-refractivity contribution in [3.8, 4) is 29.1 Å². The van der Waals surface area contributed by atoms with Crippen LogP contribution in [0.15, 0.2) is 60.7 Å². The number of rotatable bonds is 2. The first-order valence-electron chi connectivity index (χ1n) is 8.07. The molecule has 2 aromatic carbocycles. The maximum absolute atomic E-state index is 9.32. The summed E-state index contributed by atoms with van der Waals surface area (Å²) in [6.45, 7) is 2.03. The van der Waals surface area contributed by atoms with E-state index < -0.39 is 0 Å². The lowest BCUT2D eigenvalue weighted by atomic mass is 10.1. The standard InChI is InChI=1S/C21H13N5/c1-14-7-9-16(10-8-14)26-20(15-5-3-2-4-6-15)11-17-21(26)25-19(13-23)18(12-22)24-17/h2-11H,1H3. The number of nitrogens with zero attached hydrogens (tertiary/aromatic N) is 5. The number of aromatic nitrogens is 3. The summed E-state index contributed by atoms with van der Waals surface area (Å²) < 4.78 is 1.97. The van der Waals surface area contributed by atoms with Crippen LogP contribution >= 0.6 is 0 Å². The summed E-state index contributed by atoms with van der Waals surface area (Å²) >= 11 is 0. The number of aryl methyl sites for hydroxylation is 1. The molecule has 122 valence electrons. The quantitative estimate of drug-likeness (QED) is 0.551. The van der Waals surface area contributed by atoms with Crippen LogP contribution in [0.25, 0.3) is 28.1 Å². The molecule has 0 aliphatic heterocycles. The summed E-state index contributed by atoms with van der Waals surface area (Å²) in [5.41, 5.74) is 5.21. The molecule has 0 aliphatic carbocycles. The molecule has 0 fully saturated rings. The summed E-state index contributed by atoms with van der Waals surface area (Å²) in [4.78, 5) is 8.77. The molecule has 26 heavy (non-hydrogen) atoms. The molecule has 0 N–H and O–H groups in total. The zero-order valence-electron chi connectivity index (χ0n) is 14.0. The van der Waals surface area contributed by atoms with Crippen LogP contribution in [0.4, 0.5) is 0 Å². The molecule has 0 atom stereocenters. The van der Waals surface area contributed by atoms with E-state index in [-0.39, 0.29) is 11.4 Å². The van der Waals surface area contributed by atoms with Crippen LogP contribution in [-0.4, -0.2) is 14.5 Å². The number of fused-ring (bicyclic) bond motifs is 1. The molecule has 2 heterocycles. The molecule has 2 aromatic heterocycles. The molecule has 4 aromatic rings. The zero-order chi connectivity index (χ0) is 18.1. The third kappa shape index (κ3) is 2.49. The van der Waals surface area contributed by atoms with Gasteiger partial charge in [0.15, 0.2) is 17.0 Å². The summed E-state index contributed by atoms with van der Waals surface area (Å²) in [6, 6.07) is 23.8. The minimum Gasteiger partial charge on any atom is -0.293 e. The molecule has 0 spiro atoms. The SMILES string of the molecule is Cc1ccc(-n2c(-c3ccccc3)cc3nc(C#N)c(C#N)nc32)cc1. The number of hydrogen-bond donors (Lipinski definition) is 0. The third-order valence-corrected chi connectivity index (χ3v) is 4.20. The van der Waals surface area contributed by atoms with Crippen molar-refractivity contribution >= 4 is 11.2 Å². The minimum absolute atomic E-state index is 0.0334. The Morgan fingerprint density at radius 2 is 1.50 bits per heavy atom. The van der Waals surface area contributed by atoms with Gasteiger partial charge in [0, 0.05) is 5.69 Å². The molecule has 4 rings (SSSR count). The highest BCUT2D eigenvalue weighted by molar-refractivity contribution is 5.84. The Bertz CT molecular complexity index is 1190. The van der Waals surface area contributed by atoms with Crippen LogP contribution in [0, 0.1) is 29.6 Å². The Morgan fingerprint density at radius 1 is 0.846 bits per heavy atom. The molecule has 0 unspecified atom stereocenters. The van der Waals surface area contributed by atoms with Crippen molar-refractivity contribution in [3.63, 3.8) is 0 Å². The van der Waals surface area contributed by atoms with Gasteiger partial charge in [0.2, 0.25) is 0 Å². The average Bonchev–Trinajstić information content (AvgIpc) is 3.06. The van der Waals surface area contributed by atoms with Gasteiger partial charge in [-0.15, -0.1) is 0 Å². The predicted octanol–water partition coefficient (Wildman–Crippen LogP) is 4.14. The monoisotopic (exact) mass is 335 g/mol. The molecule has 5 heteroatoms. The molecule has 0 aliphatic rings. The lowest BCUT2D eigenvalue weighted by Gasteiger charge is -2.11. The first-order valence-corrected chi connectivity index (χ1v) is 8.07. The lowest BCUT2D eigenvalue weighted by molar-refractivity contribution is 1.07. The van der Waals surface area contributed by atoms with Crippen molar-refractivity contribution in [2.24, 2.45) is 0 Å². The number of benzene rings is 2. The Balaban J connectivity index is 2.10. The lowest BCUT2D eigenvalue weighted by Crippen LogP contribution is -2.01. The van der Waals surface area contributed by atoms with Crippen LogP contribution in [0.2, 0.25) is 0 Å². The summed E-state index contributed by atoms with van der Waals surface area (Å²) in [7, 11) is 0. The van der Waals surface area contributed by atoms with Gasteiger partial charge in [-0.1, -0.05) is 48.0 Å². The molecule has 0 amide bonds. The van der Waals surface area contributed by atoms with Gasteiger partial charge in [0.1, 0.15) is 17.7 Å². The van der Waals surface area contributed by atoms with Gasteiger partial charge in [0.25, 0.3) is 0 Å². The van der Waals surface area contributed by atoms with E-state index in [1.54, 1.807) is 0 Å². The second-order valence-electron chi connectivity index (χ2n) is 5.92. The van der Waals surface area contributed by atoms with Crippen molar-refractivity contribution in [1.82, 2.24) is 14.5 Å². The molecular weight excluding hydrogens is 322 g/mol. The van der Waals surface area contributed by atoms with Gasteiger partial charge >= 0.3 is 0 Å². The summed E-state index contributed by atoms with van der Waals surface area (Å²) in [5, 5.41) is 18.6. The van der Waals surface area contributed by atoms with Crippen molar-refractivity contribution in [2.45, 2.75) is 6.92 Å². The first-order chi connectivity index (χ1) is 12.7. The largest absolute Gasteiger partial charge is 0.293 e. The first kappa shape index (κ1) is 15.6. The summed E-state index contributed by atoms with van der Waals surface area (Å²) in [5.74, 6) is 0. The van der Waals surface area contributed by atoms with E-state index >= 15 is 0 Å². The average molecular weight is 335 g/mol.